The Labute approximate surface area is 207 Å². The van der Waals surface area contributed by atoms with Crippen molar-refractivity contribution in [3.05, 3.63) is 89.1 Å². The highest BCUT2D eigenvalue weighted by Gasteiger charge is 2.18. The minimum Gasteiger partial charge on any atom is -0.508 e. The summed E-state index contributed by atoms with van der Waals surface area (Å²) in [5, 5.41) is 19.9. The van der Waals surface area contributed by atoms with Gasteiger partial charge >= 0.3 is 5.97 Å². The number of aryl methyl sites for hydroxylation is 2. The SMILES string of the molecule is CCCC(=O)Oc1ccc(O)cc1.CCCc1c(C(C)c2ccc(C)cc2)[nH]c2ccc(O)cc12. The second kappa shape index (κ2) is 12.1. The van der Waals surface area contributed by atoms with Crippen molar-refractivity contribution in [1.82, 2.24) is 4.98 Å². The van der Waals surface area contributed by atoms with Crippen molar-refractivity contribution in [3.8, 4) is 17.2 Å². The lowest BCUT2D eigenvalue weighted by Gasteiger charge is -2.13. The number of benzene rings is 3. The third-order valence-corrected chi connectivity index (χ3v) is 5.96. The number of phenols is 2. The largest absolute Gasteiger partial charge is 0.508 e. The van der Waals surface area contributed by atoms with Crippen molar-refractivity contribution in [1.29, 1.82) is 0 Å². The van der Waals surface area contributed by atoms with Crippen molar-refractivity contribution < 1.29 is 19.7 Å². The van der Waals surface area contributed by atoms with Crippen LogP contribution in [0.3, 0.4) is 0 Å². The van der Waals surface area contributed by atoms with Gasteiger partial charge in [0.05, 0.1) is 0 Å². The van der Waals surface area contributed by atoms with Gasteiger partial charge in [0.25, 0.3) is 0 Å². The summed E-state index contributed by atoms with van der Waals surface area (Å²) in [5.41, 5.74) is 6.31. The van der Waals surface area contributed by atoms with Crippen LogP contribution in [-0.2, 0) is 11.2 Å². The average Bonchev–Trinajstić information content (AvgIpc) is 3.19. The smallest absolute Gasteiger partial charge is 0.311 e. The van der Waals surface area contributed by atoms with E-state index >= 15 is 0 Å². The summed E-state index contributed by atoms with van der Waals surface area (Å²) >= 11 is 0. The molecule has 1 heterocycles. The van der Waals surface area contributed by atoms with Gasteiger partial charge in [-0.25, -0.2) is 0 Å². The van der Waals surface area contributed by atoms with E-state index in [1.807, 2.05) is 19.1 Å². The topological polar surface area (TPSA) is 82.5 Å². The first-order valence-electron chi connectivity index (χ1n) is 12.2. The van der Waals surface area contributed by atoms with Gasteiger partial charge in [0, 0.05) is 28.9 Å². The number of hydrogen-bond donors (Lipinski definition) is 3. The van der Waals surface area contributed by atoms with E-state index in [1.165, 1.54) is 34.5 Å². The zero-order valence-corrected chi connectivity index (χ0v) is 21.0. The number of esters is 1. The average molecular weight is 474 g/mol. The highest BCUT2D eigenvalue weighted by molar-refractivity contribution is 5.86. The maximum atomic E-state index is 11.0. The molecule has 3 aromatic carbocycles. The Bertz CT molecular complexity index is 1240. The van der Waals surface area contributed by atoms with Crippen LogP contribution in [0.1, 0.15) is 68.3 Å². The van der Waals surface area contributed by atoms with Gasteiger partial charge in [-0.2, -0.15) is 0 Å². The molecule has 0 spiro atoms. The minimum atomic E-state index is -0.242. The van der Waals surface area contributed by atoms with Crippen LogP contribution in [0, 0.1) is 6.92 Å². The number of fused-ring (bicyclic) bond motifs is 1. The molecule has 0 fully saturated rings. The van der Waals surface area contributed by atoms with Gasteiger partial charge < -0.3 is 19.9 Å². The van der Waals surface area contributed by atoms with E-state index in [9.17, 15) is 9.90 Å². The number of carbonyl (C=O) groups is 1. The van der Waals surface area contributed by atoms with Crippen LogP contribution in [0.4, 0.5) is 0 Å². The molecule has 1 unspecified atom stereocenters. The molecule has 1 atom stereocenters. The molecule has 4 rings (SSSR count). The van der Waals surface area contributed by atoms with Crippen LogP contribution in [0.5, 0.6) is 17.2 Å². The summed E-state index contributed by atoms with van der Waals surface area (Å²) in [6.45, 7) is 8.47. The fraction of sp³-hybridized carbons (Fsp3) is 0.300. The number of aromatic hydroxyl groups is 2. The zero-order chi connectivity index (χ0) is 25.4. The van der Waals surface area contributed by atoms with Gasteiger partial charge in [-0.3, -0.25) is 4.79 Å². The number of rotatable bonds is 7. The quantitative estimate of drug-likeness (QED) is 0.193. The minimum absolute atomic E-state index is 0.162. The molecule has 3 N–H and O–H groups in total. The van der Waals surface area contributed by atoms with Crippen molar-refractivity contribution in [2.24, 2.45) is 0 Å². The van der Waals surface area contributed by atoms with Gasteiger partial charge in [0.15, 0.2) is 0 Å². The van der Waals surface area contributed by atoms with Crippen molar-refractivity contribution in [2.75, 3.05) is 0 Å². The molecule has 184 valence electrons. The predicted molar refractivity (Wildman–Crippen MR) is 141 cm³/mol. The fourth-order valence-corrected chi connectivity index (χ4v) is 4.07. The lowest BCUT2D eigenvalue weighted by molar-refractivity contribution is -0.134. The van der Waals surface area contributed by atoms with Crippen LogP contribution in [0.25, 0.3) is 10.9 Å². The standard InChI is InChI=1S/C20H23NO.C10H12O3/c1-4-5-17-18-12-16(22)10-11-19(18)21-20(17)14(3)15-8-6-13(2)7-9-15;1-2-3-10(12)13-9-6-4-8(11)5-7-9/h6-12,14,21-22H,4-5H2,1-3H3;4-7,11H,2-3H2,1H3. The van der Waals surface area contributed by atoms with Crippen molar-refractivity contribution in [2.45, 2.75) is 59.3 Å². The Balaban J connectivity index is 0.000000225. The molecule has 0 amide bonds. The number of aromatic nitrogens is 1. The maximum absolute atomic E-state index is 11.0. The third-order valence-electron chi connectivity index (χ3n) is 5.96. The van der Waals surface area contributed by atoms with Crippen LogP contribution < -0.4 is 4.74 Å². The van der Waals surface area contributed by atoms with E-state index in [2.05, 4.69) is 50.0 Å². The third kappa shape index (κ3) is 6.89. The van der Waals surface area contributed by atoms with Crippen LogP contribution >= 0.6 is 0 Å². The van der Waals surface area contributed by atoms with Crippen LogP contribution in [0.2, 0.25) is 0 Å². The number of aromatic amines is 1. The Hall–Kier alpha value is -3.73. The molecule has 0 radical (unpaired) electrons. The second-order valence-corrected chi connectivity index (χ2v) is 8.85. The van der Waals surface area contributed by atoms with E-state index in [4.69, 9.17) is 9.84 Å². The lowest BCUT2D eigenvalue weighted by Crippen LogP contribution is -2.06. The second-order valence-electron chi connectivity index (χ2n) is 8.85. The molecule has 0 aliphatic carbocycles. The van der Waals surface area contributed by atoms with Gasteiger partial charge in [-0.05, 0) is 73.4 Å². The summed E-state index contributed by atoms with van der Waals surface area (Å²) in [4.78, 5) is 14.6. The Kier molecular flexibility index (Phi) is 8.96. The molecular formula is C30H35NO4. The molecule has 0 aliphatic heterocycles. The number of H-pyrrole nitrogens is 1. The molecule has 0 bridgehead atoms. The molecular weight excluding hydrogens is 438 g/mol. The van der Waals surface area contributed by atoms with Crippen LogP contribution in [-0.4, -0.2) is 21.2 Å². The maximum Gasteiger partial charge on any atom is 0.311 e. The molecule has 4 aromatic rings. The highest BCUT2D eigenvalue weighted by Crippen LogP contribution is 2.34. The Morgan fingerprint density at radius 2 is 1.57 bits per heavy atom. The number of phenolic OH excluding ortho intramolecular Hbond substituents is 2. The fourth-order valence-electron chi connectivity index (χ4n) is 4.07. The van der Waals surface area contributed by atoms with E-state index in [1.54, 1.807) is 18.2 Å². The summed E-state index contributed by atoms with van der Waals surface area (Å²) in [6, 6.07) is 20.4. The zero-order valence-electron chi connectivity index (χ0n) is 21.0. The Morgan fingerprint density at radius 3 is 2.20 bits per heavy atom. The normalized spacial score (nSPS) is 11.5. The Morgan fingerprint density at radius 1 is 0.914 bits per heavy atom. The van der Waals surface area contributed by atoms with E-state index in [0.29, 0.717) is 23.8 Å². The number of nitrogens with one attached hydrogen (secondary N) is 1. The van der Waals surface area contributed by atoms with E-state index in [-0.39, 0.29) is 11.7 Å². The molecule has 0 saturated heterocycles. The first kappa shape index (κ1) is 25.9. The monoisotopic (exact) mass is 473 g/mol. The molecule has 35 heavy (non-hydrogen) atoms. The van der Waals surface area contributed by atoms with Gasteiger partial charge in [0.1, 0.15) is 17.2 Å². The van der Waals surface area contributed by atoms with E-state index in [0.717, 1.165) is 30.2 Å². The first-order chi connectivity index (χ1) is 16.8. The van der Waals surface area contributed by atoms with Gasteiger partial charge in [0.2, 0.25) is 0 Å². The van der Waals surface area contributed by atoms with Gasteiger partial charge in [-0.1, -0.05) is 57.0 Å². The van der Waals surface area contributed by atoms with Crippen molar-refractivity contribution in [3.63, 3.8) is 0 Å². The molecule has 0 aliphatic rings. The number of carbonyl (C=O) groups excluding carboxylic acids is 1. The molecule has 1 aromatic heterocycles. The summed E-state index contributed by atoms with van der Waals surface area (Å²) in [6.07, 6.45) is 3.31. The highest BCUT2D eigenvalue weighted by atomic mass is 16.5. The van der Waals surface area contributed by atoms with Crippen LogP contribution in [0.15, 0.2) is 66.7 Å². The molecule has 5 nitrogen and oxygen atoms in total. The summed E-state index contributed by atoms with van der Waals surface area (Å²) in [7, 11) is 0. The summed E-state index contributed by atoms with van der Waals surface area (Å²) < 4.78 is 4.96. The number of ether oxygens (including phenoxy) is 1. The predicted octanol–water partition coefficient (Wildman–Crippen LogP) is 7.38. The summed E-state index contributed by atoms with van der Waals surface area (Å²) in [5.74, 6) is 1.04. The number of hydrogen-bond acceptors (Lipinski definition) is 4. The first-order valence-corrected chi connectivity index (χ1v) is 12.2. The van der Waals surface area contributed by atoms with Gasteiger partial charge in [-0.15, -0.1) is 0 Å². The molecule has 5 heteroatoms. The molecule has 0 saturated carbocycles. The lowest BCUT2D eigenvalue weighted by atomic mass is 9.92. The van der Waals surface area contributed by atoms with Crippen molar-refractivity contribution >= 4 is 16.9 Å². The van der Waals surface area contributed by atoms with E-state index < -0.39 is 0 Å².